The fraction of sp³-hybridized carbons (Fsp3) is 0.733. The van der Waals surface area contributed by atoms with Crippen molar-refractivity contribution in [1.29, 1.82) is 0 Å². The summed E-state index contributed by atoms with van der Waals surface area (Å²) in [5.74, 6) is -4.08. The van der Waals surface area contributed by atoms with Crippen LogP contribution in [0.5, 0.6) is 0 Å². The Morgan fingerprint density at radius 1 is 0.520 bits per heavy atom. The van der Waals surface area contributed by atoms with Crippen LogP contribution in [0.15, 0.2) is 0 Å². The molecule has 10 heteroatoms. The van der Waals surface area contributed by atoms with Crippen LogP contribution in [0, 0.1) is 0 Å². The van der Waals surface area contributed by atoms with Gasteiger partial charge in [-0.25, -0.2) is 0 Å². The zero-order valence-electron chi connectivity index (χ0n) is 14.1. The molecule has 25 heavy (non-hydrogen) atoms. The topological polar surface area (TPSA) is 156 Å². The highest BCUT2D eigenvalue weighted by Gasteiger charge is 2.15. The van der Waals surface area contributed by atoms with Crippen molar-refractivity contribution < 1.29 is 39.6 Å². The van der Waals surface area contributed by atoms with Crippen molar-refractivity contribution in [2.24, 2.45) is 0 Å². The smallest absolute Gasteiger partial charge is 0.317 e. The van der Waals surface area contributed by atoms with E-state index < -0.39 is 37.0 Å². The molecule has 0 aliphatic carbocycles. The first-order valence-electron chi connectivity index (χ1n) is 8.02. The molecule has 10 nitrogen and oxygen atoms in total. The quantitative estimate of drug-likeness (QED) is 0.273. The van der Waals surface area contributed by atoms with Gasteiger partial charge in [-0.1, -0.05) is 6.42 Å². The van der Waals surface area contributed by atoms with Gasteiger partial charge in [-0.3, -0.25) is 24.1 Å². The van der Waals surface area contributed by atoms with Gasteiger partial charge in [0, 0.05) is 26.1 Å². The zero-order valence-corrected chi connectivity index (χ0v) is 14.1. The predicted octanol–water partition coefficient (Wildman–Crippen LogP) is -0.121. The first-order chi connectivity index (χ1) is 11.7. The van der Waals surface area contributed by atoms with Crippen LogP contribution < -0.4 is 0 Å². The highest BCUT2D eigenvalue weighted by Crippen LogP contribution is 2.04. The molecule has 0 amide bonds. The largest absolute Gasteiger partial charge is 0.481 e. The second-order valence-electron chi connectivity index (χ2n) is 5.69. The fourth-order valence-corrected chi connectivity index (χ4v) is 2.26. The van der Waals surface area contributed by atoms with Crippen molar-refractivity contribution in [3.63, 3.8) is 0 Å². The second kappa shape index (κ2) is 13.1. The molecule has 0 aromatic heterocycles. The van der Waals surface area contributed by atoms with Crippen LogP contribution in [0.25, 0.3) is 0 Å². The molecule has 0 fully saturated rings. The molecule has 0 aromatic rings. The van der Waals surface area contributed by atoms with Crippen molar-refractivity contribution >= 4 is 23.9 Å². The van der Waals surface area contributed by atoms with E-state index in [1.165, 1.54) is 4.90 Å². The van der Waals surface area contributed by atoms with Crippen molar-refractivity contribution in [3.8, 4) is 0 Å². The molecule has 0 spiro atoms. The van der Waals surface area contributed by atoms with Crippen LogP contribution in [0.4, 0.5) is 0 Å². The van der Waals surface area contributed by atoms with E-state index in [2.05, 4.69) is 0 Å². The molecule has 0 saturated carbocycles. The maximum absolute atomic E-state index is 10.8. The van der Waals surface area contributed by atoms with Gasteiger partial charge < -0.3 is 25.3 Å². The molecule has 0 aromatic carbocycles. The van der Waals surface area contributed by atoms with Crippen LogP contribution in [-0.4, -0.2) is 93.4 Å². The Labute approximate surface area is 145 Å². The first kappa shape index (κ1) is 22.8. The Morgan fingerprint density at radius 3 is 1.52 bits per heavy atom. The molecule has 0 heterocycles. The van der Waals surface area contributed by atoms with Crippen LogP contribution in [0.2, 0.25) is 0 Å². The second-order valence-corrected chi connectivity index (χ2v) is 5.69. The number of unbranched alkanes of at least 4 members (excludes halogenated alkanes) is 2. The third-order valence-electron chi connectivity index (χ3n) is 3.46. The summed E-state index contributed by atoms with van der Waals surface area (Å²) >= 11 is 0. The maximum atomic E-state index is 10.8. The lowest BCUT2D eigenvalue weighted by molar-refractivity contribution is -0.142. The van der Waals surface area contributed by atoms with Gasteiger partial charge >= 0.3 is 23.9 Å². The molecule has 0 aliphatic heterocycles. The third kappa shape index (κ3) is 15.1. The summed E-state index contributed by atoms with van der Waals surface area (Å²) in [6.07, 6.45) is 1.91. The summed E-state index contributed by atoms with van der Waals surface area (Å²) in [5.41, 5.74) is 0. The molecule has 0 radical (unpaired) electrons. The summed E-state index contributed by atoms with van der Waals surface area (Å²) in [6, 6.07) is 0. The third-order valence-corrected chi connectivity index (χ3v) is 3.46. The van der Waals surface area contributed by atoms with Gasteiger partial charge in [0.1, 0.15) is 0 Å². The summed E-state index contributed by atoms with van der Waals surface area (Å²) in [7, 11) is 0. The van der Waals surface area contributed by atoms with E-state index in [9.17, 15) is 19.2 Å². The van der Waals surface area contributed by atoms with Gasteiger partial charge in [-0.15, -0.1) is 0 Å². The number of aliphatic carboxylic acids is 4. The number of carbonyl (C=O) groups is 4. The van der Waals surface area contributed by atoms with E-state index >= 15 is 0 Å². The molecule has 4 N–H and O–H groups in total. The van der Waals surface area contributed by atoms with Gasteiger partial charge in [0.25, 0.3) is 0 Å². The molecule has 0 rings (SSSR count). The highest BCUT2D eigenvalue weighted by molar-refractivity contribution is 5.72. The molecule has 0 saturated heterocycles. The first-order valence-corrected chi connectivity index (χ1v) is 8.02. The lowest BCUT2D eigenvalue weighted by Crippen LogP contribution is -2.41. The molecule has 0 unspecified atom stereocenters. The Morgan fingerprint density at radius 2 is 1.04 bits per heavy atom. The monoisotopic (exact) mass is 362 g/mol. The Bertz CT molecular complexity index is 439. The van der Waals surface area contributed by atoms with Crippen molar-refractivity contribution in [2.75, 3.05) is 39.3 Å². The number of hydrogen-bond donors (Lipinski definition) is 4. The standard InChI is InChI=1S/C15H26N2O8/c18-12(19)4-2-1-3-6-16(7-5-13(20)21)8-9-17(10-14(22)23)11-15(24)25/h1-11H2,(H,18,19)(H,20,21)(H,22,23)(H,24,25). The summed E-state index contributed by atoms with van der Waals surface area (Å²) in [4.78, 5) is 45.8. The van der Waals surface area contributed by atoms with Crippen LogP contribution >= 0.6 is 0 Å². The van der Waals surface area contributed by atoms with Crippen molar-refractivity contribution in [2.45, 2.75) is 32.1 Å². The van der Waals surface area contributed by atoms with Gasteiger partial charge in [0.15, 0.2) is 0 Å². The van der Waals surface area contributed by atoms with Gasteiger partial charge in [-0.2, -0.15) is 0 Å². The Balaban J connectivity index is 4.41. The maximum Gasteiger partial charge on any atom is 0.317 e. The van der Waals surface area contributed by atoms with E-state index in [-0.39, 0.29) is 25.9 Å². The van der Waals surface area contributed by atoms with E-state index in [1.807, 2.05) is 4.90 Å². The molecular formula is C15H26N2O8. The number of rotatable bonds is 16. The molecule has 144 valence electrons. The molecule has 0 atom stereocenters. The Kier molecular flexibility index (Phi) is 12.0. The van der Waals surface area contributed by atoms with E-state index in [0.29, 0.717) is 32.4 Å². The zero-order chi connectivity index (χ0) is 19.2. The number of nitrogens with zero attached hydrogens (tertiary/aromatic N) is 2. The fourth-order valence-electron chi connectivity index (χ4n) is 2.26. The highest BCUT2D eigenvalue weighted by atomic mass is 16.4. The number of hydrogen-bond acceptors (Lipinski definition) is 6. The van der Waals surface area contributed by atoms with E-state index in [1.54, 1.807) is 0 Å². The van der Waals surface area contributed by atoms with Crippen LogP contribution in [0.3, 0.4) is 0 Å². The predicted molar refractivity (Wildman–Crippen MR) is 86.5 cm³/mol. The van der Waals surface area contributed by atoms with Gasteiger partial charge in [0.05, 0.1) is 19.5 Å². The minimum Gasteiger partial charge on any atom is -0.481 e. The molecule has 0 bridgehead atoms. The number of carboxylic acid groups (broad SMARTS) is 4. The lowest BCUT2D eigenvalue weighted by Gasteiger charge is -2.25. The van der Waals surface area contributed by atoms with E-state index in [0.717, 1.165) is 0 Å². The minimum atomic E-state index is -1.13. The summed E-state index contributed by atoms with van der Waals surface area (Å²) in [6.45, 7) is 0.526. The van der Waals surface area contributed by atoms with Gasteiger partial charge in [-0.05, 0) is 19.4 Å². The number of carboxylic acids is 4. The lowest BCUT2D eigenvalue weighted by atomic mass is 10.2. The summed E-state index contributed by atoms with van der Waals surface area (Å²) < 4.78 is 0. The molecule has 0 aliphatic rings. The Hall–Kier alpha value is -2.20. The van der Waals surface area contributed by atoms with Gasteiger partial charge in [0.2, 0.25) is 0 Å². The van der Waals surface area contributed by atoms with Crippen LogP contribution in [0.1, 0.15) is 32.1 Å². The van der Waals surface area contributed by atoms with Crippen molar-refractivity contribution in [1.82, 2.24) is 9.80 Å². The van der Waals surface area contributed by atoms with Crippen LogP contribution in [-0.2, 0) is 19.2 Å². The minimum absolute atomic E-state index is 0.0764. The normalized spacial score (nSPS) is 11.0. The summed E-state index contributed by atoms with van der Waals surface area (Å²) in [5, 5.41) is 35.0. The average Bonchev–Trinajstić information content (AvgIpc) is 2.46. The molecular weight excluding hydrogens is 336 g/mol. The van der Waals surface area contributed by atoms with Crippen molar-refractivity contribution in [3.05, 3.63) is 0 Å². The SMILES string of the molecule is O=C(O)CCCCCN(CCC(=O)O)CCN(CC(=O)O)CC(=O)O. The average molecular weight is 362 g/mol. The van der Waals surface area contributed by atoms with E-state index in [4.69, 9.17) is 20.4 Å².